The van der Waals surface area contributed by atoms with E-state index in [4.69, 9.17) is 4.74 Å². The summed E-state index contributed by atoms with van der Waals surface area (Å²) >= 11 is 0. The molecule has 1 heterocycles. The molecule has 0 aromatic carbocycles. The molecule has 16 heavy (non-hydrogen) atoms. The highest BCUT2D eigenvalue weighted by Gasteiger charge is 2.22. The van der Waals surface area contributed by atoms with Crippen molar-refractivity contribution in [1.82, 2.24) is 20.3 Å². The molecule has 0 aliphatic heterocycles. The lowest BCUT2D eigenvalue weighted by Gasteiger charge is -2.18. The van der Waals surface area contributed by atoms with Gasteiger partial charge in [0.15, 0.2) is 0 Å². The van der Waals surface area contributed by atoms with Gasteiger partial charge in [-0.3, -0.25) is 14.8 Å². The minimum atomic E-state index is -0.313. The van der Waals surface area contributed by atoms with Gasteiger partial charge in [-0.15, -0.1) is 5.10 Å². The van der Waals surface area contributed by atoms with Gasteiger partial charge in [0, 0.05) is 19.8 Å². The molecular formula is C10H18N4O2. The fourth-order valence-corrected chi connectivity index (χ4v) is 1.41. The summed E-state index contributed by atoms with van der Waals surface area (Å²) in [6.45, 7) is 4.43. The first-order chi connectivity index (χ1) is 7.54. The zero-order chi connectivity index (χ0) is 12.1. The molecule has 0 aliphatic rings. The molecule has 1 aromatic rings. The molecule has 90 valence electrons. The largest absolute Gasteiger partial charge is 0.468 e. The number of carbonyl (C=O) groups excluding carboxylic acids is 1. The number of hydrogen-bond acceptors (Lipinski definition) is 5. The summed E-state index contributed by atoms with van der Waals surface area (Å²) in [5.41, 5.74) is 0.803. The second kappa shape index (κ2) is 5.60. The second-order valence-electron chi connectivity index (χ2n) is 4.01. The molecule has 1 N–H and O–H groups in total. The monoisotopic (exact) mass is 226 g/mol. The molecule has 1 rings (SSSR count). The van der Waals surface area contributed by atoms with Gasteiger partial charge < -0.3 is 4.74 Å². The average molecular weight is 226 g/mol. The summed E-state index contributed by atoms with van der Waals surface area (Å²) < 4.78 is 6.35. The van der Waals surface area contributed by atoms with Gasteiger partial charge in [-0.05, 0) is 5.92 Å². The Bertz CT molecular complexity index is 348. The zero-order valence-corrected chi connectivity index (χ0v) is 10.1. The van der Waals surface area contributed by atoms with Crippen molar-refractivity contribution in [2.75, 3.05) is 7.11 Å². The van der Waals surface area contributed by atoms with Gasteiger partial charge in [-0.25, -0.2) is 0 Å². The van der Waals surface area contributed by atoms with Crippen LogP contribution in [-0.2, 0) is 23.1 Å². The lowest BCUT2D eigenvalue weighted by atomic mass is 10.0. The van der Waals surface area contributed by atoms with Crippen LogP contribution in [0.1, 0.15) is 19.5 Å². The lowest BCUT2D eigenvalue weighted by molar-refractivity contribution is -0.144. The quantitative estimate of drug-likeness (QED) is 0.721. The van der Waals surface area contributed by atoms with Gasteiger partial charge in [0.1, 0.15) is 6.04 Å². The zero-order valence-electron chi connectivity index (χ0n) is 10.1. The SMILES string of the molecule is COC(=O)C(NCc1cn(C)nn1)C(C)C. The molecule has 0 radical (unpaired) electrons. The third-order valence-corrected chi connectivity index (χ3v) is 2.27. The van der Waals surface area contributed by atoms with Crippen molar-refractivity contribution >= 4 is 5.97 Å². The number of hydrogen-bond donors (Lipinski definition) is 1. The van der Waals surface area contributed by atoms with E-state index in [1.54, 1.807) is 11.7 Å². The van der Waals surface area contributed by atoms with Gasteiger partial charge in [0.2, 0.25) is 0 Å². The Kier molecular flexibility index (Phi) is 4.42. The third kappa shape index (κ3) is 3.30. The molecule has 0 bridgehead atoms. The summed E-state index contributed by atoms with van der Waals surface area (Å²) in [7, 11) is 3.19. The van der Waals surface area contributed by atoms with Gasteiger partial charge in [-0.2, -0.15) is 0 Å². The van der Waals surface area contributed by atoms with Crippen LogP contribution in [0.5, 0.6) is 0 Å². The Morgan fingerprint density at radius 2 is 2.31 bits per heavy atom. The normalized spacial score (nSPS) is 12.8. The molecule has 0 saturated heterocycles. The molecule has 0 amide bonds. The van der Waals surface area contributed by atoms with E-state index >= 15 is 0 Å². The van der Waals surface area contributed by atoms with Gasteiger partial charge in [0.25, 0.3) is 0 Å². The maximum absolute atomic E-state index is 11.5. The number of aromatic nitrogens is 3. The van der Waals surface area contributed by atoms with E-state index in [0.29, 0.717) is 6.54 Å². The smallest absolute Gasteiger partial charge is 0.323 e. The van der Waals surface area contributed by atoms with Crippen LogP contribution in [-0.4, -0.2) is 34.1 Å². The Morgan fingerprint density at radius 3 is 2.75 bits per heavy atom. The molecular weight excluding hydrogens is 208 g/mol. The van der Waals surface area contributed by atoms with Crippen LogP contribution < -0.4 is 5.32 Å². The van der Waals surface area contributed by atoms with E-state index in [9.17, 15) is 4.79 Å². The average Bonchev–Trinajstić information content (AvgIpc) is 2.63. The van der Waals surface area contributed by atoms with E-state index in [0.717, 1.165) is 5.69 Å². The predicted octanol–water partition coefficient (Wildman–Crippen LogP) is 0.102. The topological polar surface area (TPSA) is 69.0 Å². The van der Waals surface area contributed by atoms with E-state index in [-0.39, 0.29) is 17.9 Å². The summed E-state index contributed by atoms with van der Waals surface area (Å²) in [5.74, 6) is -0.0805. The number of rotatable bonds is 5. The van der Waals surface area contributed by atoms with Crippen LogP contribution in [0.2, 0.25) is 0 Å². The van der Waals surface area contributed by atoms with Crippen molar-refractivity contribution in [3.05, 3.63) is 11.9 Å². The second-order valence-corrected chi connectivity index (χ2v) is 4.01. The predicted molar refractivity (Wildman–Crippen MR) is 58.5 cm³/mol. The first kappa shape index (κ1) is 12.6. The number of ether oxygens (including phenoxy) is 1. The fourth-order valence-electron chi connectivity index (χ4n) is 1.41. The Labute approximate surface area is 95.0 Å². The Balaban J connectivity index is 2.53. The molecule has 1 aromatic heterocycles. The summed E-state index contributed by atoms with van der Waals surface area (Å²) in [5, 5.41) is 10.9. The molecule has 1 atom stereocenters. The number of carbonyl (C=O) groups is 1. The lowest BCUT2D eigenvalue weighted by Crippen LogP contribution is -2.41. The van der Waals surface area contributed by atoms with Crippen LogP contribution in [0.4, 0.5) is 0 Å². The van der Waals surface area contributed by atoms with E-state index in [2.05, 4.69) is 15.6 Å². The van der Waals surface area contributed by atoms with Crippen LogP contribution in [0.3, 0.4) is 0 Å². The third-order valence-electron chi connectivity index (χ3n) is 2.27. The van der Waals surface area contributed by atoms with Crippen molar-refractivity contribution in [3.63, 3.8) is 0 Å². The maximum Gasteiger partial charge on any atom is 0.323 e. The molecule has 0 spiro atoms. The summed E-state index contributed by atoms with van der Waals surface area (Å²) in [4.78, 5) is 11.5. The Morgan fingerprint density at radius 1 is 1.62 bits per heavy atom. The molecule has 0 aliphatic carbocycles. The molecule has 1 unspecified atom stereocenters. The first-order valence-corrected chi connectivity index (χ1v) is 5.21. The minimum absolute atomic E-state index is 0.170. The van der Waals surface area contributed by atoms with E-state index < -0.39 is 0 Å². The van der Waals surface area contributed by atoms with Crippen LogP contribution in [0, 0.1) is 5.92 Å². The maximum atomic E-state index is 11.5. The number of nitrogens with one attached hydrogen (secondary N) is 1. The standard InChI is InChI=1S/C10H18N4O2/c1-7(2)9(10(15)16-4)11-5-8-6-14(3)13-12-8/h6-7,9,11H,5H2,1-4H3. The minimum Gasteiger partial charge on any atom is -0.468 e. The number of aryl methyl sites for hydroxylation is 1. The van der Waals surface area contributed by atoms with Gasteiger partial charge >= 0.3 is 5.97 Å². The van der Waals surface area contributed by atoms with E-state index in [1.165, 1.54) is 7.11 Å². The van der Waals surface area contributed by atoms with Crippen molar-refractivity contribution in [2.24, 2.45) is 13.0 Å². The fraction of sp³-hybridized carbons (Fsp3) is 0.700. The highest BCUT2D eigenvalue weighted by molar-refractivity contribution is 5.75. The molecule has 0 fully saturated rings. The van der Waals surface area contributed by atoms with Crippen LogP contribution in [0.15, 0.2) is 6.20 Å². The molecule has 0 saturated carbocycles. The number of methoxy groups -OCH3 is 1. The van der Waals surface area contributed by atoms with E-state index in [1.807, 2.05) is 20.0 Å². The van der Waals surface area contributed by atoms with Crippen molar-refractivity contribution in [3.8, 4) is 0 Å². The van der Waals surface area contributed by atoms with Crippen LogP contribution in [0.25, 0.3) is 0 Å². The van der Waals surface area contributed by atoms with Crippen molar-refractivity contribution < 1.29 is 9.53 Å². The summed E-state index contributed by atoms with van der Waals surface area (Å²) in [6.07, 6.45) is 1.81. The van der Waals surface area contributed by atoms with Gasteiger partial charge in [0.05, 0.1) is 12.8 Å². The highest BCUT2D eigenvalue weighted by atomic mass is 16.5. The van der Waals surface area contributed by atoms with Gasteiger partial charge in [-0.1, -0.05) is 19.1 Å². The first-order valence-electron chi connectivity index (χ1n) is 5.21. The van der Waals surface area contributed by atoms with Crippen LogP contribution >= 0.6 is 0 Å². The molecule has 6 heteroatoms. The van der Waals surface area contributed by atoms with Crippen molar-refractivity contribution in [1.29, 1.82) is 0 Å². The van der Waals surface area contributed by atoms with Crippen molar-refractivity contribution in [2.45, 2.75) is 26.4 Å². The number of esters is 1. The highest BCUT2D eigenvalue weighted by Crippen LogP contribution is 2.04. The summed E-state index contributed by atoms with van der Waals surface area (Å²) in [6, 6.07) is -0.313. The molecule has 6 nitrogen and oxygen atoms in total. The number of nitrogens with zero attached hydrogens (tertiary/aromatic N) is 3. The Hall–Kier alpha value is -1.43.